The monoisotopic (exact) mass is 358 g/mol. The summed E-state index contributed by atoms with van der Waals surface area (Å²) in [5.74, 6) is 0.857. The van der Waals surface area contributed by atoms with Gasteiger partial charge in [-0.15, -0.1) is 0 Å². The van der Waals surface area contributed by atoms with Crippen LogP contribution in [0.5, 0.6) is 5.75 Å². The van der Waals surface area contributed by atoms with Gasteiger partial charge in [-0.25, -0.2) is 0 Å². The van der Waals surface area contributed by atoms with Crippen molar-refractivity contribution >= 4 is 24.2 Å². The Morgan fingerprint density at radius 2 is 1.56 bits per heavy atom. The number of benzene rings is 2. The van der Waals surface area contributed by atoms with Crippen LogP contribution in [0.1, 0.15) is 38.8 Å². The second-order valence-corrected chi connectivity index (χ2v) is 7.96. The molecule has 3 rings (SSSR count). The molecule has 0 atom stereocenters. The van der Waals surface area contributed by atoms with Gasteiger partial charge in [0.1, 0.15) is 12.4 Å². The van der Waals surface area contributed by atoms with Crippen molar-refractivity contribution in [3.63, 3.8) is 0 Å². The molecule has 0 saturated carbocycles. The second kappa shape index (κ2) is 6.67. The molecule has 0 aromatic heterocycles. The molecule has 25 heavy (non-hydrogen) atoms. The second-order valence-electron chi connectivity index (χ2n) is 7.53. The highest BCUT2D eigenvalue weighted by atomic mass is 35.5. The Morgan fingerprint density at radius 3 is 2.12 bits per heavy atom. The molecule has 0 aliphatic carbocycles. The Labute approximate surface area is 155 Å². The average Bonchev–Trinajstić information content (AvgIpc) is 2.76. The van der Waals surface area contributed by atoms with E-state index < -0.39 is 0 Å². The van der Waals surface area contributed by atoms with Crippen LogP contribution in [0.15, 0.2) is 42.5 Å². The number of halogens is 1. The topological polar surface area (TPSA) is 27.7 Å². The third kappa shape index (κ3) is 3.86. The van der Waals surface area contributed by atoms with Gasteiger partial charge in [-0.2, -0.15) is 0 Å². The molecular formula is C20H24BClO3. The smallest absolute Gasteiger partial charge is 0.489 e. The van der Waals surface area contributed by atoms with Gasteiger partial charge in [0, 0.05) is 5.02 Å². The van der Waals surface area contributed by atoms with Gasteiger partial charge < -0.3 is 14.0 Å². The van der Waals surface area contributed by atoms with E-state index in [2.05, 4.69) is 33.8 Å². The molecule has 5 heteroatoms. The van der Waals surface area contributed by atoms with Crippen LogP contribution in [0.4, 0.5) is 0 Å². The number of hydrogen-bond acceptors (Lipinski definition) is 3. The van der Waals surface area contributed by atoms with Crippen molar-refractivity contribution in [3.05, 3.63) is 58.6 Å². The van der Waals surface area contributed by atoms with Gasteiger partial charge in [-0.05, 0) is 69.4 Å². The van der Waals surface area contributed by atoms with E-state index in [-0.39, 0.29) is 18.3 Å². The molecule has 0 radical (unpaired) electrons. The van der Waals surface area contributed by atoms with Gasteiger partial charge in [0.2, 0.25) is 0 Å². The van der Waals surface area contributed by atoms with Gasteiger partial charge in [-0.3, -0.25) is 0 Å². The van der Waals surface area contributed by atoms with E-state index in [0.717, 1.165) is 27.4 Å². The van der Waals surface area contributed by atoms with Gasteiger partial charge in [0.15, 0.2) is 0 Å². The van der Waals surface area contributed by atoms with Gasteiger partial charge in [0.05, 0.1) is 11.2 Å². The third-order valence-electron chi connectivity index (χ3n) is 5.03. The van der Waals surface area contributed by atoms with Crippen molar-refractivity contribution in [3.8, 4) is 5.75 Å². The minimum Gasteiger partial charge on any atom is -0.489 e. The fraction of sp³-hybridized carbons (Fsp3) is 0.400. The van der Waals surface area contributed by atoms with E-state index in [1.807, 2.05) is 43.3 Å². The molecule has 0 spiro atoms. The summed E-state index contributed by atoms with van der Waals surface area (Å²) in [7, 11) is -0.353. The lowest BCUT2D eigenvalue weighted by atomic mass is 9.78. The summed E-state index contributed by atoms with van der Waals surface area (Å²) in [5.41, 5.74) is 2.47. The highest BCUT2D eigenvalue weighted by molar-refractivity contribution is 6.62. The maximum atomic E-state index is 6.11. The van der Waals surface area contributed by atoms with E-state index in [9.17, 15) is 0 Å². The fourth-order valence-electron chi connectivity index (χ4n) is 2.70. The van der Waals surface area contributed by atoms with E-state index >= 15 is 0 Å². The van der Waals surface area contributed by atoms with Gasteiger partial charge >= 0.3 is 7.12 Å². The summed E-state index contributed by atoms with van der Waals surface area (Å²) in [6.07, 6.45) is 0. The lowest BCUT2D eigenvalue weighted by Gasteiger charge is -2.32. The average molecular weight is 359 g/mol. The van der Waals surface area contributed by atoms with Gasteiger partial charge in [-0.1, -0.05) is 35.9 Å². The van der Waals surface area contributed by atoms with Crippen molar-refractivity contribution in [1.29, 1.82) is 0 Å². The highest BCUT2D eigenvalue weighted by Gasteiger charge is 2.51. The van der Waals surface area contributed by atoms with Crippen molar-refractivity contribution < 1.29 is 14.0 Å². The molecule has 132 valence electrons. The van der Waals surface area contributed by atoms with E-state index in [1.165, 1.54) is 0 Å². The highest BCUT2D eigenvalue weighted by Crippen LogP contribution is 2.36. The van der Waals surface area contributed by atoms with Crippen molar-refractivity contribution in [2.45, 2.75) is 52.4 Å². The van der Waals surface area contributed by atoms with Crippen molar-refractivity contribution in [2.75, 3.05) is 0 Å². The van der Waals surface area contributed by atoms with E-state index in [0.29, 0.717) is 6.61 Å². The first-order chi connectivity index (χ1) is 11.7. The minimum atomic E-state index is -0.353. The quantitative estimate of drug-likeness (QED) is 0.752. The molecule has 2 aromatic carbocycles. The number of rotatable bonds is 4. The number of aryl methyl sites for hydroxylation is 1. The third-order valence-corrected chi connectivity index (χ3v) is 5.28. The Bertz CT molecular complexity index is 740. The van der Waals surface area contributed by atoms with Crippen LogP contribution < -0.4 is 10.2 Å². The van der Waals surface area contributed by atoms with E-state index in [1.54, 1.807) is 0 Å². The first-order valence-electron chi connectivity index (χ1n) is 8.51. The Hall–Kier alpha value is -1.49. The zero-order valence-corrected chi connectivity index (χ0v) is 16.2. The first kappa shape index (κ1) is 18.3. The molecule has 1 fully saturated rings. The maximum absolute atomic E-state index is 6.11. The van der Waals surface area contributed by atoms with Crippen LogP contribution in [0, 0.1) is 6.92 Å². The van der Waals surface area contributed by atoms with Crippen LogP contribution >= 0.6 is 11.6 Å². The predicted molar refractivity (Wildman–Crippen MR) is 103 cm³/mol. The van der Waals surface area contributed by atoms with Crippen molar-refractivity contribution in [2.24, 2.45) is 0 Å². The summed E-state index contributed by atoms with van der Waals surface area (Å²) < 4.78 is 18.2. The molecular weight excluding hydrogens is 334 g/mol. The normalized spacial score (nSPS) is 18.4. The number of ether oxygens (including phenoxy) is 1. The summed E-state index contributed by atoms with van der Waals surface area (Å²) in [6, 6.07) is 13.7. The first-order valence-corrected chi connectivity index (χ1v) is 8.89. The molecule has 1 heterocycles. The molecule has 0 bridgehead atoms. The predicted octanol–water partition coefficient (Wildman–Crippen LogP) is 4.53. The molecule has 0 amide bonds. The van der Waals surface area contributed by atoms with Crippen LogP contribution in [-0.2, 0) is 15.9 Å². The van der Waals surface area contributed by atoms with Crippen LogP contribution in [0.2, 0.25) is 5.02 Å². The maximum Gasteiger partial charge on any atom is 0.494 e. The van der Waals surface area contributed by atoms with Crippen LogP contribution in [0.3, 0.4) is 0 Å². The molecule has 1 aliphatic heterocycles. The Balaban J connectivity index is 1.70. The van der Waals surface area contributed by atoms with Gasteiger partial charge in [0.25, 0.3) is 0 Å². The summed E-state index contributed by atoms with van der Waals surface area (Å²) in [6.45, 7) is 10.8. The Kier molecular flexibility index (Phi) is 4.89. The molecule has 1 saturated heterocycles. The van der Waals surface area contributed by atoms with Crippen LogP contribution in [0.25, 0.3) is 0 Å². The van der Waals surface area contributed by atoms with E-state index in [4.69, 9.17) is 25.6 Å². The SMILES string of the molecule is Cc1cc(B2OC(C)(C)C(C)(C)O2)ccc1OCc1ccc(Cl)cc1. The lowest BCUT2D eigenvalue weighted by Crippen LogP contribution is -2.41. The number of hydrogen-bond donors (Lipinski definition) is 0. The lowest BCUT2D eigenvalue weighted by molar-refractivity contribution is 0.00578. The largest absolute Gasteiger partial charge is 0.494 e. The van der Waals surface area contributed by atoms with Crippen LogP contribution in [-0.4, -0.2) is 18.3 Å². The standard InChI is InChI=1S/C20H24BClO3/c1-14-12-16(21-24-19(2,3)20(4,5)25-21)8-11-18(14)23-13-15-6-9-17(22)10-7-15/h6-12H,13H2,1-5H3. The summed E-state index contributed by atoms with van der Waals surface area (Å²) in [5, 5.41) is 0.728. The summed E-state index contributed by atoms with van der Waals surface area (Å²) in [4.78, 5) is 0. The summed E-state index contributed by atoms with van der Waals surface area (Å²) >= 11 is 5.91. The Morgan fingerprint density at radius 1 is 0.960 bits per heavy atom. The molecule has 2 aromatic rings. The zero-order chi connectivity index (χ0) is 18.2. The fourth-order valence-corrected chi connectivity index (χ4v) is 2.83. The zero-order valence-electron chi connectivity index (χ0n) is 15.4. The molecule has 0 N–H and O–H groups in total. The molecule has 3 nitrogen and oxygen atoms in total. The van der Waals surface area contributed by atoms with Crippen molar-refractivity contribution in [1.82, 2.24) is 0 Å². The minimum absolute atomic E-state index is 0.338. The molecule has 0 unspecified atom stereocenters. The molecule has 1 aliphatic rings.